The van der Waals surface area contributed by atoms with Crippen molar-refractivity contribution in [2.75, 3.05) is 7.11 Å². The van der Waals surface area contributed by atoms with Gasteiger partial charge in [0.25, 0.3) is 0 Å². The minimum Gasteiger partial charge on any atom is -0.496 e. The first-order valence-corrected chi connectivity index (χ1v) is 6.57. The van der Waals surface area contributed by atoms with Gasteiger partial charge in [-0.2, -0.15) is 0 Å². The van der Waals surface area contributed by atoms with Gasteiger partial charge in [0.1, 0.15) is 10.8 Å². The van der Waals surface area contributed by atoms with E-state index in [2.05, 4.69) is 28.8 Å². The van der Waals surface area contributed by atoms with E-state index in [0.29, 0.717) is 6.54 Å². The molecule has 0 fully saturated rings. The van der Waals surface area contributed by atoms with Crippen LogP contribution >= 0.6 is 11.3 Å². The van der Waals surface area contributed by atoms with Gasteiger partial charge in [0, 0.05) is 10.9 Å². The van der Waals surface area contributed by atoms with Crippen LogP contribution in [-0.2, 0) is 6.54 Å². The SMILES string of the molecule is COc1cc(C)c(-c2csc(CNN)n2)cc1C. The lowest BCUT2D eigenvalue weighted by Crippen LogP contribution is -2.20. The lowest BCUT2D eigenvalue weighted by Gasteiger charge is -2.09. The number of aryl methyl sites for hydroxylation is 2. The minimum absolute atomic E-state index is 0.596. The summed E-state index contributed by atoms with van der Waals surface area (Å²) in [6, 6.07) is 4.16. The molecule has 0 aliphatic rings. The molecule has 0 saturated carbocycles. The van der Waals surface area contributed by atoms with Gasteiger partial charge in [0.05, 0.1) is 19.3 Å². The van der Waals surface area contributed by atoms with Crippen LogP contribution in [0.2, 0.25) is 0 Å². The second kappa shape index (κ2) is 5.48. The maximum absolute atomic E-state index is 5.32. The molecular formula is C13H17N3OS. The van der Waals surface area contributed by atoms with Crippen molar-refractivity contribution in [2.24, 2.45) is 5.84 Å². The van der Waals surface area contributed by atoms with Crippen molar-refractivity contribution >= 4 is 11.3 Å². The fraction of sp³-hybridized carbons (Fsp3) is 0.308. The third-order valence-electron chi connectivity index (χ3n) is 2.82. The van der Waals surface area contributed by atoms with Gasteiger partial charge in [-0.3, -0.25) is 11.3 Å². The number of hydrogen-bond donors (Lipinski definition) is 2. The van der Waals surface area contributed by atoms with E-state index in [-0.39, 0.29) is 0 Å². The Morgan fingerprint density at radius 3 is 2.78 bits per heavy atom. The van der Waals surface area contributed by atoms with Crippen LogP contribution in [0.25, 0.3) is 11.3 Å². The molecule has 18 heavy (non-hydrogen) atoms. The van der Waals surface area contributed by atoms with Crippen LogP contribution in [-0.4, -0.2) is 12.1 Å². The van der Waals surface area contributed by atoms with Crippen molar-refractivity contribution in [3.05, 3.63) is 33.6 Å². The summed E-state index contributed by atoms with van der Waals surface area (Å²) in [6.07, 6.45) is 0. The maximum Gasteiger partial charge on any atom is 0.122 e. The van der Waals surface area contributed by atoms with Crippen LogP contribution in [0, 0.1) is 13.8 Å². The summed E-state index contributed by atoms with van der Waals surface area (Å²) in [4.78, 5) is 4.56. The van der Waals surface area contributed by atoms with Crippen LogP contribution in [0.15, 0.2) is 17.5 Å². The first kappa shape index (κ1) is 13.0. The van der Waals surface area contributed by atoms with Gasteiger partial charge in [0.2, 0.25) is 0 Å². The second-order valence-corrected chi connectivity index (χ2v) is 5.09. The number of hydrogen-bond acceptors (Lipinski definition) is 5. The lowest BCUT2D eigenvalue weighted by atomic mass is 10.0. The molecule has 4 nitrogen and oxygen atoms in total. The normalized spacial score (nSPS) is 10.7. The molecule has 0 saturated heterocycles. The molecule has 2 rings (SSSR count). The van der Waals surface area contributed by atoms with Crippen LogP contribution in [0.1, 0.15) is 16.1 Å². The van der Waals surface area contributed by atoms with Crippen LogP contribution in [0.3, 0.4) is 0 Å². The number of aromatic nitrogens is 1. The average Bonchev–Trinajstić information content (AvgIpc) is 2.80. The predicted molar refractivity (Wildman–Crippen MR) is 74.6 cm³/mol. The number of nitrogens with two attached hydrogens (primary N) is 1. The summed E-state index contributed by atoms with van der Waals surface area (Å²) in [5.41, 5.74) is 7.04. The van der Waals surface area contributed by atoms with Crippen molar-refractivity contribution in [1.82, 2.24) is 10.4 Å². The lowest BCUT2D eigenvalue weighted by molar-refractivity contribution is 0.411. The van der Waals surface area contributed by atoms with Gasteiger partial charge < -0.3 is 4.74 Å². The number of hydrazine groups is 1. The van der Waals surface area contributed by atoms with Crippen LogP contribution in [0.5, 0.6) is 5.75 Å². The topological polar surface area (TPSA) is 60.2 Å². The Bertz CT molecular complexity index is 551. The molecule has 0 spiro atoms. The van der Waals surface area contributed by atoms with Crippen LogP contribution in [0.4, 0.5) is 0 Å². The van der Waals surface area contributed by atoms with Crippen molar-refractivity contribution in [1.29, 1.82) is 0 Å². The van der Waals surface area contributed by atoms with E-state index in [9.17, 15) is 0 Å². The van der Waals surface area contributed by atoms with Crippen molar-refractivity contribution in [3.8, 4) is 17.0 Å². The Kier molecular flexibility index (Phi) is 3.96. The van der Waals surface area contributed by atoms with Gasteiger partial charge in [0.15, 0.2) is 0 Å². The molecule has 2 aromatic rings. The van der Waals surface area contributed by atoms with Crippen molar-refractivity contribution in [3.63, 3.8) is 0 Å². The van der Waals surface area contributed by atoms with Crippen LogP contribution < -0.4 is 16.0 Å². The monoisotopic (exact) mass is 263 g/mol. The fourth-order valence-corrected chi connectivity index (χ4v) is 2.63. The number of methoxy groups -OCH3 is 1. The fourth-order valence-electron chi connectivity index (χ4n) is 1.89. The number of benzene rings is 1. The second-order valence-electron chi connectivity index (χ2n) is 4.14. The zero-order valence-electron chi connectivity index (χ0n) is 10.8. The zero-order chi connectivity index (χ0) is 13.1. The third kappa shape index (κ3) is 2.53. The average molecular weight is 263 g/mol. The maximum atomic E-state index is 5.32. The largest absolute Gasteiger partial charge is 0.496 e. The van der Waals surface area contributed by atoms with E-state index in [1.54, 1.807) is 18.4 Å². The van der Waals surface area contributed by atoms with Gasteiger partial charge in [-0.1, -0.05) is 0 Å². The smallest absolute Gasteiger partial charge is 0.122 e. The molecule has 1 aromatic heterocycles. The molecule has 5 heteroatoms. The first-order chi connectivity index (χ1) is 8.65. The van der Waals surface area contributed by atoms with E-state index in [1.165, 1.54) is 0 Å². The van der Waals surface area contributed by atoms with E-state index >= 15 is 0 Å². The molecule has 3 N–H and O–H groups in total. The van der Waals surface area contributed by atoms with Gasteiger partial charge >= 0.3 is 0 Å². The Morgan fingerprint density at radius 2 is 2.11 bits per heavy atom. The number of rotatable bonds is 4. The van der Waals surface area contributed by atoms with Gasteiger partial charge in [-0.25, -0.2) is 4.98 Å². The summed E-state index contributed by atoms with van der Waals surface area (Å²) in [6.45, 7) is 4.70. The molecule has 0 radical (unpaired) electrons. The van der Waals surface area contributed by atoms with Gasteiger partial charge in [-0.05, 0) is 37.1 Å². The molecular weight excluding hydrogens is 246 g/mol. The molecule has 96 valence electrons. The Labute approximate surface area is 111 Å². The van der Waals surface area contributed by atoms with E-state index in [1.807, 2.05) is 13.0 Å². The summed E-state index contributed by atoms with van der Waals surface area (Å²) < 4.78 is 5.32. The van der Waals surface area contributed by atoms with Crippen molar-refractivity contribution in [2.45, 2.75) is 20.4 Å². The molecule has 1 aromatic carbocycles. The van der Waals surface area contributed by atoms with Crippen molar-refractivity contribution < 1.29 is 4.74 Å². The predicted octanol–water partition coefficient (Wildman–Crippen LogP) is 2.40. The Hall–Kier alpha value is -1.43. The molecule has 0 bridgehead atoms. The molecule has 0 aliphatic heterocycles. The number of ether oxygens (including phenoxy) is 1. The highest BCUT2D eigenvalue weighted by Crippen LogP contribution is 2.30. The summed E-state index contributed by atoms with van der Waals surface area (Å²) >= 11 is 1.61. The highest BCUT2D eigenvalue weighted by atomic mass is 32.1. The Balaban J connectivity index is 2.40. The molecule has 0 atom stereocenters. The number of nitrogens with one attached hydrogen (secondary N) is 1. The summed E-state index contributed by atoms with van der Waals surface area (Å²) in [5, 5.41) is 3.04. The Morgan fingerprint density at radius 1 is 1.33 bits per heavy atom. The first-order valence-electron chi connectivity index (χ1n) is 5.69. The highest BCUT2D eigenvalue weighted by Gasteiger charge is 2.10. The summed E-state index contributed by atoms with van der Waals surface area (Å²) in [7, 11) is 1.69. The van der Waals surface area contributed by atoms with Gasteiger partial charge in [-0.15, -0.1) is 11.3 Å². The molecule has 0 unspecified atom stereocenters. The quantitative estimate of drug-likeness (QED) is 0.657. The minimum atomic E-state index is 0.596. The highest BCUT2D eigenvalue weighted by molar-refractivity contribution is 7.09. The molecule has 1 heterocycles. The van der Waals surface area contributed by atoms with E-state index in [4.69, 9.17) is 10.6 Å². The third-order valence-corrected chi connectivity index (χ3v) is 3.67. The number of nitrogens with zero attached hydrogens (tertiary/aromatic N) is 1. The number of thiazole rings is 1. The van der Waals surface area contributed by atoms with E-state index in [0.717, 1.165) is 33.1 Å². The molecule has 0 amide bonds. The standard InChI is InChI=1S/C13H17N3OS/c1-8-5-12(17-3)9(2)4-10(8)11-7-18-13(16-11)6-15-14/h4-5,7,15H,6,14H2,1-3H3. The summed E-state index contributed by atoms with van der Waals surface area (Å²) in [5.74, 6) is 6.21. The van der Waals surface area contributed by atoms with E-state index < -0.39 is 0 Å². The molecule has 0 aliphatic carbocycles. The zero-order valence-corrected chi connectivity index (χ0v) is 11.6.